The fourth-order valence-electron chi connectivity index (χ4n) is 5.78. The van der Waals surface area contributed by atoms with Gasteiger partial charge in [-0.05, 0) is 67.2 Å². The van der Waals surface area contributed by atoms with E-state index in [4.69, 9.17) is 13.9 Å². The van der Waals surface area contributed by atoms with Crippen LogP contribution >= 0.6 is 11.3 Å². The molecule has 0 fully saturated rings. The third-order valence-corrected chi connectivity index (χ3v) is 14.4. The number of imidazole rings is 1. The molecule has 3 N–H and O–H groups in total. The van der Waals surface area contributed by atoms with Crippen LogP contribution in [0.4, 0.5) is 15.7 Å². The second-order valence-corrected chi connectivity index (χ2v) is 18.7. The van der Waals surface area contributed by atoms with Gasteiger partial charge in [-0.2, -0.15) is 4.98 Å². The molecule has 4 aromatic rings. The van der Waals surface area contributed by atoms with Crippen molar-refractivity contribution in [3.63, 3.8) is 0 Å². The zero-order valence-corrected chi connectivity index (χ0v) is 27.2. The Bertz CT molecular complexity index is 1480. The number of carbonyl (C=O) groups excluding carboxylic acids is 1. The molecule has 4 rings (SSSR count). The van der Waals surface area contributed by atoms with Gasteiger partial charge in [-0.1, -0.05) is 52.8 Å². The summed E-state index contributed by atoms with van der Waals surface area (Å²) in [7, 11) is -2.03. The first-order valence-corrected chi connectivity index (χ1v) is 17.0. The van der Waals surface area contributed by atoms with Crippen LogP contribution in [0.2, 0.25) is 16.6 Å². The highest BCUT2D eigenvalue weighted by Crippen LogP contribution is 2.43. The lowest BCUT2D eigenvalue weighted by molar-refractivity contribution is 0.0632. The smallest absolute Gasteiger partial charge is 0.326 e. The number of carbonyl (C=O) groups is 1. The molecule has 0 bridgehead atoms. The number of aryl methyl sites for hydroxylation is 1. The second kappa shape index (κ2) is 12.0. The number of hydrogen-bond acceptors (Lipinski definition) is 8. The van der Waals surface area contributed by atoms with Gasteiger partial charge in [0.25, 0.3) is 5.89 Å². The number of nitrogens with zero attached hydrogens (tertiary/aromatic N) is 4. The van der Waals surface area contributed by atoms with Crippen molar-refractivity contribution >= 4 is 47.7 Å². The van der Waals surface area contributed by atoms with E-state index < -0.39 is 19.9 Å². The van der Waals surface area contributed by atoms with Crippen molar-refractivity contribution in [1.82, 2.24) is 19.7 Å². The Balaban J connectivity index is 1.57. The molecule has 0 aliphatic rings. The molecular formula is C29H42N6O4SSi. The molecule has 41 heavy (non-hydrogen) atoms. The van der Waals surface area contributed by atoms with Gasteiger partial charge >= 0.3 is 6.03 Å². The summed E-state index contributed by atoms with van der Waals surface area (Å²) in [5, 5.41) is 20.8. The Hall–Kier alpha value is -3.06. The van der Waals surface area contributed by atoms with Gasteiger partial charge < -0.3 is 18.6 Å². The highest BCUT2D eigenvalue weighted by atomic mass is 32.1. The molecular weight excluding hydrogens is 557 g/mol. The van der Waals surface area contributed by atoms with E-state index in [9.17, 15) is 9.90 Å². The molecule has 0 aliphatic carbocycles. The van der Waals surface area contributed by atoms with Crippen molar-refractivity contribution in [3.05, 3.63) is 41.7 Å². The van der Waals surface area contributed by atoms with Gasteiger partial charge in [0.05, 0.1) is 39.7 Å². The number of rotatable bonds is 11. The van der Waals surface area contributed by atoms with Crippen molar-refractivity contribution < 1.29 is 18.9 Å². The van der Waals surface area contributed by atoms with Crippen LogP contribution in [0.3, 0.4) is 0 Å². The monoisotopic (exact) mass is 598 g/mol. The topological polar surface area (TPSA) is 127 Å². The maximum Gasteiger partial charge on any atom is 0.326 e. The van der Waals surface area contributed by atoms with Crippen molar-refractivity contribution in [1.29, 1.82) is 0 Å². The van der Waals surface area contributed by atoms with E-state index in [2.05, 4.69) is 62.3 Å². The van der Waals surface area contributed by atoms with Crippen LogP contribution in [0.15, 0.2) is 34.9 Å². The van der Waals surface area contributed by atoms with E-state index in [1.165, 1.54) is 11.3 Å². The van der Waals surface area contributed by atoms with E-state index in [0.717, 1.165) is 21.5 Å². The number of nitrogens with one attached hydrogen (secondary N) is 2. The third kappa shape index (κ3) is 6.88. The summed E-state index contributed by atoms with van der Waals surface area (Å²) in [6, 6.07) is 9.18. The van der Waals surface area contributed by atoms with Crippen LogP contribution in [0, 0.1) is 6.92 Å². The molecule has 0 atom stereocenters. The Morgan fingerprint density at radius 2 is 1.76 bits per heavy atom. The van der Waals surface area contributed by atoms with E-state index in [-0.39, 0.29) is 6.54 Å². The molecule has 2 amide bonds. The molecule has 3 aromatic heterocycles. The molecule has 0 saturated carbocycles. The average Bonchev–Trinajstić information content (AvgIpc) is 3.57. The molecule has 0 unspecified atom stereocenters. The minimum absolute atomic E-state index is 0.249. The standard InChI is InChI=1S/C29H42N6O4SSi/c1-17(2)41(18(3)4,19(5)6)38-15-21-10-11-23-22(14-21)31-27(35(23)16-29(8,9)37)33-28(36)32-25-13-12-24(40-25)26-30-20(7)34-39-26/h10-14,17-19,37H,15-16H2,1-9H3,(H2,31,32,33,36). The largest absolute Gasteiger partial charge is 0.412 e. The average molecular weight is 599 g/mol. The lowest BCUT2D eigenvalue weighted by Crippen LogP contribution is -2.47. The zero-order valence-electron chi connectivity index (χ0n) is 25.4. The molecule has 0 saturated heterocycles. The van der Waals surface area contributed by atoms with Crippen molar-refractivity contribution in [3.8, 4) is 10.8 Å². The van der Waals surface area contributed by atoms with E-state index in [0.29, 0.717) is 45.9 Å². The number of hydrogen-bond donors (Lipinski definition) is 3. The minimum Gasteiger partial charge on any atom is -0.412 e. The molecule has 0 radical (unpaired) electrons. The normalized spacial score (nSPS) is 12.7. The van der Waals surface area contributed by atoms with Gasteiger partial charge in [-0.15, -0.1) is 11.3 Å². The van der Waals surface area contributed by atoms with Crippen LogP contribution in [-0.2, 0) is 17.6 Å². The summed E-state index contributed by atoms with van der Waals surface area (Å²) in [6.45, 7) is 19.6. The van der Waals surface area contributed by atoms with Crippen LogP contribution in [0.1, 0.15) is 66.8 Å². The number of fused-ring (bicyclic) bond motifs is 1. The zero-order chi connectivity index (χ0) is 30.1. The van der Waals surface area contributed by atoms with Gasteiger partial charge in [-0.25, -0.2) is 9.78 Å². The van der Waals surface area contributed by atoms with Crippen LogP contribution in [0.25, 0.3) is 21.8 Å². The van der Waals surface area contributed by atoms with Gasteiger partial charge in [0, 0.05) is 0 Å². The van der Waals surface area contributed by atoms with E-state index in [1.807, 2.05) is 28.8 Å². The van der Waals surface area contributed by atoms with Crippen LogP contribution in [-0.4, -0.2) is 44.7 Å². The highest BCUT2D eigenvalue weighted by molar-refractivity contribution is 7.19. The Kier molecular flexibility index (Phi) is 9.07. The van der Waals surface area contributed by atoms with Gasteiger partial charge in [0.1, 0.15) is 0 Å². The van der Waals surface area contributed by atoms with E-state index >= 15 is 0 Å². The van der Waals surface area contributed by atoms with Gasteiger partial charge in [-0.3, -0.25) is 10.6 Å². The van der Waals surface area contributed by atoms with Crippen LogP contribution < -0.4 is 10.6 Å². The fourth-order valence-corrected chi connectivity index (χ4v) is 12.0. The van der Waals surface area contributed by atoms with Crippen molar-refractivity contribution in [2.75, 3.05) is 10.6 Å². The summed E-state index contributed by atoms with van der Waals surface area (Å²) in [5.41, 5.74) is 3.01. The van der Waals surface area contributed by atoms with Crippen molar-refractivity contribution in [2.24, 2.45) is 0 Å². The number of urea groups is 1. The lowest BCUT2D eigenvalue weighted by atomic mass is 10.1. The summed E-state index contributed by atoms with van der Waals surface area (Å²) in [6.07, 6.45) is 0. The molecule has 222 valence electrons. The van der Waals surface area contributed by atoms with Crippen LogP contribution in [0.5, 0.6) is 0 Å². The second-order valence-electron chi connectivity index (χ2n) is 12.2. The predicted molar refractivity (Wildman–Crippen MR) is 167 cm³/mol. The van der Waals surface area contributed by atoms with E-state index in [1.54, 1.807) is 26.8 Å². The first-order chi connectivity index (χ1) is 19.2. The van der Waals surface area contributed by atoms with Gasteiger partial charge in [0.15, 0.2) is 5.82 Å². The summed E-state index contributed by atoms with van der Waals surface area (Å²) < 4.78 is 13.9. The SMILES string of the molecule is Cc1noc(-c2ccc(NC(=O)Nc3nc4cc(CO[Si](C(C)C)(C(C)C)C(C)C)ccc4n3CC(C)(C)O)s2)n1. The minimum atomic E-state index is -2.03. The Morgan fingerprint density at radius 1 is 1.07 bits per heavy atom. The van der Waals surface area contributed by atoms with Gasteiger partial charge in [0.2, 0.25) is 14.3 Å². The summed E-state index contributed by atoms with van der Waals surface area (Å²) in [4.78, 5) is 22.7. The highest BCUT2D eigenvalue weighted by Gasteiger charge is 2.45. The quantitative estimate of drug-likeness (QED) is 0.152. The Labute approximate surface area is 246 Å². The molecule has 0 aliphatic heterocycles. The molecule has 12 heteroatoms. The molecule has 1 aromatic carbocycles. The van der Waals surface area contributed by atoms with Crippen molar-refractivity contribution in [2.45, 2.75) is 97.7 Å². The number of aromatic nitrogens is 4. The number of thiophene rings is 1. The number of amides is 2. The molecule has 3 heterocycles. The number of benzene rings is 1. The summed E-state index contributed by atoms with van der Waals surface area (Å²) in [5.74, 6) is 1.29. The lowest BCUT2D eigenvalue weighted by Gasteiger charge is -2.42. The maximum absolute atomic E-state index is 13.0. The maximum atomic E-state index is 13.0. The first-order valence-electron chi connectivity index (χ1n) is 14.0. The summed E-state index contributed by atoms with van der Waals surface area (Å²) >= 11 is 1.33. The molecule has 10 nitrogen and oxygen atoms in total. The number of anilines is 2. The fraction of sp³-hybridized carbons (Fsp3) is 0.517. The predicted octanol–water partition coefficient (Wildman–Crippen LogP) is 7.56. The molecule has 0 spiro atoms. The number of aliphatic hydroxyl groups is 1. The third-order valence-electron chi connectivity index (χ3n) is 7.36. The Morgan fingerprint density at radius 3 is 2.34 bits per heavy atom. The first kappa shape index (κ1) is 30.9.